The zero-order valence-corrected chi connectivity index (χ0v) is 13.7. The van der Waals surface area contributed by atoms with Crippen molar-refractivity contribution >= 4 is 5.69 Å². The van der Waals surface area contributed by atoms with Crippen LogP contribution in [0.5, 0.6) is 5.75 Å². The maximum absolute atomic E-state index is 11.0. The molecule has 1 aromatic carbocycles. The van der Waals surface area contributed by atoms with Gasteiger partial charge >= 0.3 is 5.69 Å². The van der Waals surface area contributed by atoms with E-state index in [1.807, 2.05) is 32.0 Å². The van der Waals surface area contributed by atoms with Crippen molar-refractivity contribution < 1.29 is 14.8 Å². The van der Waals surface area contributed by atoms with Crippen LogP contribution in [0.1, 0.15) is 22.5 Å². The normalized spacial score (nSPS) is 12.2. The van der Waals surface area contributed by atoms with Crippen molar-refractivity contribution in [2.45, 2.75) is 40.3 Å². The molecule has 0 unspecified atom stereocenters. The van der Waals surface area contributed by atoms with Crippen molar-refractivity contribution in [3.05, 3.63) is 50.8 Å². The maximum atomic E-state index is 11.0. The largest absolute Gasteiger partial charge is 0.490 e. The van der Waals surface area contributed by atoms with Crippen LogP contribution in [-0.4, -0.2) is 32.5 Å². The molecule has 0 radical (unpaired) electrons. The second kappa shape index (κ2) is 6.78. The van der Waals surface area contributed by atoms with Gasteiger partial charge in [0.1, 0.15) is 29.8 Å². The summed E-state index contributed by atoms with van der Waals surface area (Å²) in [6.45, 7) is 7.33. The lowest BCUT2D eigenvalue weighted by Gasteiger charge is -2.16. The Balaban J connectivity index is 2.05. The van der Waals surface area contributed by atoms with Gasteiger partial charge in [-0.25, -0.2) is 0 Å². The molecular weight excluding hydrogens is 298 g/mol. The predicted molar refractivity (Wildman–Crippen MR) is 85.8 cm³/mol. The van der Waals surface area contributed by atoms with Crippen molar-refractivity contribution in [1.29, 1.82) is 0 Å². The van der Waals surface area contributed by atoms with Crippen LogP contribution in [-0.2, 0) is 6.54 Å². The van der Waals surface area contributed by atoms with E-state index in [-0.39, 0.29) is 18.8 Å². The lowest BCUT2D eigenvalue weighted by Crippen LogP contribution is -2.25. The molecule has 0 amide bonds. The Morgan fingerprint density at radius 1 is 1.30 bits per heavy atom. The molecule has 2 rings (SSSR count). The number of aromatic nitrogens is 2. The minimum Gasteiger partial charge on any atom is -0.490 e. The third-order valence-electron chi connectivity index (χ3n) is 3.74. The first kappa shape index (κ1) is 17.0. The summed E-state index contributed by atoms with van der Waals surface area (Å²) in [5.41, 5.74) is 2.76. The maximum Gasteiger partial charge on any atom is 0.312 e. The van der Waals surface area contributed by atoms with E-state index in [9.17, 15) is 15.2 Å². The van der Waals surface area contributed by atoms with E-state index in [2.05, 4.69) is 5.10 Å². The quantitative estimate of drug-likeness (QED) is 0.652. The molecular formula is C16H21N3O4. The van der Waals surface area contributed by atoms with Crippen LogP contribution in [0.2, 0.25) is 0 Å². The van der Waals surface area contributed by atoms with E-state index in [4.69, 9.17) is 4.74 Å². The van der Waals surface area contributed by atoms with Crippen LogP contribution >= 0.6 is 0 Å². The highest BCUT2D eigenvalue weighted by Crippen LogP contribution is 2.24. The summed E-state index contributed by atoms with van der Waals surface area (Å²) in [4.78, 5) is 10.5. The molecule has 0 saturated heterocycles. The van der Waals surface area contributed by atoms with E-state index in [0.717, 1.165) is 16.9 Å². The second-order valence-electron chi connectivity index (χ2n) is 5.64. The molecule has 1 atom stereocenters. The molecule has 1 N–H and O–H groups in total. The number of ether oxygens (including phenoxy) is 1. The lowest BCUT2D eigenvalue weighted by molar-refractivity contribution is -0.386. The minimum atomic E-state index is -0.813. The van der Waals surface area contributed by atoms with Gasteiger partial charge in [-0.2, -0.15) is 5.10 Å². The first-order valence-corrected chi connectivity index (χ1v) is 7.36. The van der Waals surface area contributed by atoms with Gasteiger partial charge in [0, 0.05) is 0 Å². The zero-order valence-electron chi connectivity index (χ0n) is 13.7. The van der Waals surface area contributed by atoms with Gasteiger partial charge in [-0.15, -0.1) is 0 Å². The number of aliphatic hydroxyl groups is 1. The van der Waals surface area contributed by atoms with E-state index in [0.29, 0.717) is 11.4 Å². The van der Waals surface area contributed by atoms with Crippen molar-refractivity contribution in [3.8, 4) is 5.75 Å². The number of hydrogen-bond acceptors (Lipinski definition) is 5. The third kappa shape index (κ3) is 3.68. The highest BCUT2D eigenvalue weighted by atomic mass is 16.6. The molecule has 0 aliphatic rings. The average Bonchev–Trinajstić information content (AvgIpc) is 2.72. The molecule has 7 nitrogen and oxygen atoms in total. The highest BCUT2D eigenvalue weighted by Gasteiger charge is 2.23. The monoisotopic (exact) mass is 319 g/mol. The minimum absolute atomic E-state index is 0.00660. The topological polar surface area (TPSA) is 90.4 Å². The Morgan fingerprint density at radius 2 is 1.91 bits per heavy atom. The molecule has 23 heavy (non-hydrogen) atoms. The van der Waals surface area contributed by atoms with Gasteiger partial charge in [0.15, 0.2) is 0 Å². The molecule has 0 aliphatic heterocycles. The predicted octanol–water partition coefficient (Wildman–Crippen LogP) is 2.46. The van der Waals surface area contributed by atoms with Gasteiger partial charge in [-0.05, 0) is 38.8 Å². The molecule has 0 saturated carbocycles. The summed E-state index contributed by atoms with van der Waals surface area (Å²) >= 11 is 0. The summed E-state index contributed by atoms with van der Waals surface area (Å²) in [6.07, 6.45) is -0.813. The molecule has 2 aromatic rings. The second-order valence-corrected chi connectivity index (χ2v) is 5.64. The zero-order chi connectivity index (χ0) is 17.1. The van der Waals surface area contributed by atoms with Crippen LogP contribution in [0.25, 0.3) is 0 Å². The van der Waals surface area contributed by atoms with Gasteiger partial charge < -0.3 is 9.84 Å². The third-order valence-corrected chi connectivity index (χ3v) is 3.74. The van der Waals surface area contributed by atoms with Crippen molar-refractivity contribution in [1.82, 2.24) is 9.78 Å². The lowest BCUT2D eigenvalue weighted by atomic mass is 10.1. The number of rotatable bonds is 6. The van der Waals surface area contributed by atoms with Crippen molar-refractivity contribution in [2.75, 3.05) is 6.61 Å². The first-order chi connectivity index (χ1) is 10.8. The Labute approximate surface area is 134 Å². The van der Waals surface area contributed by atoms with E-state index in [1.165, 1.54) is 4.68 Å². The van der Waals surface area contributed by atoms with Gasteiger partial charge in [0.05, 0.1) is 11.5 Å². The fourth-order valence-corrected chi connectivity index (χ4v) is 2.59. The smallest absolute Gasteiger partial charge is 0.312 e. The number of hydrogen-bond donors (Lipinski definition) is 1. The number of benzene rings is 1. The summed E-state index contributed by atoms with van der Waals surface area (Å²) in [6, 6.07) is 5.83. The summed E-state index contributed by atoms with van der Waals surface area (Å²) in [7, 11) is 0. The fourth-order valence-electron chi connectivity index (χ4n) is 2.59. The van der Waals surface area contributed by atoms with Crippen LogP contribution in [0.15, 0.2) is 18.2 Å². The van der Waals surface area contributed by atoms with Crippen molar-refractivity contribution in [2.24, 2.45) is 0 Å². The van der Waals surface area contributed by atoms with Crippen LogP contribution < -0.4 is 4.74 Å². The van der Waals surface area contributed by atoms with E-state index < -0.39 is 11.0 Å². The molecule has 1 heterocycles. The van der Waals surface area contributed by atoms with Gasteiger partial charge in [0.2, 0.25) is 0 Å². The average molecular weight is 319 g/mol. The molecule has 0 fully saturated rings. The Kier molecular flexibility index (Phi) is 5.00. The summed E-state index contributed by atoms with van der Waals surface area (Å²) < 4.78 is 7.15. The standard InChI is InChI=1S/C16H21N3O4/c1-10-6-5-7-11(2)16(10)23-9-14(20)8-18-13(4)15(19(21)22)12(3)17-18/h5-7,14,20H,8-9H2,1-4H3/t14-/m1/s1. The van der Waals surface area contributed by atoms with Crippen LogP contribution in [0, 0.1) is 37.8 Å². The van der Waals surface area contributed by atoms with Gasteiger partial charge in [-0.1, -0.05) is 18.2 Å². The van der Waals surface area contributed by atoms with E-state index >= 15 is 0 Å². The summed E-state index contributed by atoms with van der Waals surface area (Å²) in [5, 5.41) is 25.3. The molecule has 7 heteroatoms. The van der Waals surface area contributed by atoms with Crippen molar-refractivity contribution in [3.63, 3.8) is 0 Å². The van der Waals surface area contributed by atoms with Gasteiger partial charge in [-0.3, -0.25) is 14.8 Å². The SMILES string of the molecule is Cc1cccc(C)c1OC[C@H](O)Cn1nc(C)c([N+](=O)[O-])c1C. The number of aliphatic hydroxyl groups excluding tert-OH is 1. The molecule has 0 aliphatic carbocycles. The highest BCUT2D eigenvalue weighted by molar-refractivity contribution is 5.40. The summed E-state index contributed by atoms with van der Waals surface area (Å²) in [5.74, 6) is 0.755. The molecule has 0 bridgehead atoms. The van der Waals surface area contributed by atoms with Crippen LogP contribution in [0.3, 0.4) is 0 Å². The number of nitrogens with zero attached hydrogens (tertiary/aromatic N) is 3. The molecule has 0 spiro atoms. The number of aryl methyl sites for hydroxylation is 3. The number of para-hydroxylation sites is 1. The fraction of sp³-hybridized carbons (Fsp3) is 0.438. The Morgan fingerprint density at radius 3 is 2.43 bits per heavy atom. The number of nitro groups is 1. The Bertz CT molecular complexity index is 704. The van der Waals surface area contributed by atoms with Gasteiger partial charge in [0.25, 0.3) is 0 Å². The van der Waals surface area contributed by atoms with Crippen LogP contribution in [0.4, 0.5) is 5.69 Å². The molecule has 124 valence electrons. The van der Waals surface area contributed by atoms with E-state index in [1.54, 1.807) is 13.8 Å². The molecule has 1 aromatic heterocycles. The first-order valence-electron chi connectivity index (χ1n) is 7.36. The Hall–Kier alpha value is -2.41.